The van der Waals surface area contributed by atoms with Crippen molar-refractivity contribution in [3.05, 3.63) is 71.3 Å². The van der Waals surface area contributed by atoms with Crippen LogP contribution in [0.3, 0.4) is 0 Å². The number of oxime groups is 1. The molecule has 0 unspecified atom stereocenters. The molecule has 0 spiro atoms. The first-order chi connectivity index (χ1) is 12.5. The minimum absolute atomic E-state index is 0.263. The quantitative estimate of drug-likeness (QED) is 0.802. The first-order valence-electron chi connectivity index (χ1n) is 8.50. The molecular formula is C20H20F2N2O2. The van der Waals surface area contributed by atoms with Crippen molar-refractivity contribution in [3.8, 4) is 0 Å². The van der Waals surface area contributed by atoms with Crippen LogP contribution in [0.2, 0.25) is 0 Å². The molecule has 2 aromatic rings. The molecular weight excluding hydrogens is 338 g/mol. The molecule has 0 bridgehead atoms. The second kappa shape index (κ2) is 7.64. The van der Waals surface area contributed by atoms with Crippen LogP contribution in [0.25, 0.3) is 0 Å². The molecule has 0 radical (unpaired) electrons. The smallest absolute Gasteiger partial charge is 0.267 e. The molecule has 0 fully saturated rings. The van der Waals surface area contributed by atoms with Gasteiger partial charge in [0.15, 0.2) is 0 Å². The fourth-order valence-corrected chi connectivity index (χ4v) is 2.86. The molecule has 0 saturated heterocycles. The molecule has 1 amide bonds. The average Bonchev–Trinajstić information content (AvgIpc) is 3.02. The predicted octanol–water partition coefficient (Wildman–Crippen LogP) is 3.60. The van der Waals surface area contributed by atoms with Crippen molar-refractivity contribution in [1.82, 2.24) is 5.32 Å². The summed E-state index contributed by atoms with van der Waals surface area (Å²) in [5.41, 5.74) is 0.925. The number of rotatable bonds is 6. The normalized spacial score (nSPS) is 19.0. The van der Waals surface area contributed by atoms with Crippen molar-refractivity contribution < 1.29 is 18.4 Å². The highest BCUT2D eigenvalue weighted by molar-refractivity contribution is 6.05. The molecule has 1 atom stereocenters. The maximum Gasteiger partial charge on any atom is 0.267 e. The van der Waals surface area contributed by atoms with Crippen LogP contribution in [0.15, 0.2) is 53.7 Å². The third-order valence-corrected chi connectivity index (χ3v) is 4.32. The van der Waals surface area contributed by atoms with E-state index in [0.29, 0.717) is 30.7 Å². The van der Waals surface area contributed by atoms with Crippen LogP contribution >= 0.6 is 0 Å². The summed E-state index contributed by atoms with van der Waals surface area (Å²) in [7, 11) is 0. The third kappa shape index (κ3) is 4.25. The number of aryl methyl sites for hydroxylation is 1. The van der Waals surface area contributed by atoms with Gasteiger partial charge in [0.1, 0.15) is 11.6 Å². The Labute approximate surface area is 150 Å². The Bertz CT molecular complexity index is 838. The second-order valence-electron chi connectivity index (χ2n) is 6.54. The van der Waals surface area contributed by atoms with Crippen LogP contribution < -0.4 is 5.32 Å². The van der Waals surface area contributed by atoms with Gasteiger partial charge in [-0.3, -0.25) is 4.79 Å². The lowest BCUT2D eigenvalue weighted by molar-refractivity contribution is -0.141. The van der Waals surface area contributed by atoms with E-state index in [2.05, 4.69) is 10.5 Å². The molecule has 0 saturated carbocycles. The Morgan fingerprint density at radius 2 is 1.92 bits per heavy atom. The number of carbonyl (C=O) groups excluding carboxylic acids is 1. The number of benzene rings is 2. The zero-order chi connectivity index (χ0) is 18.6. The van der Waals surface area contributed by atoms with E-state index in [-0.39, 0.29) is 24.0 Å². The topological polar surface area (TPSA) is 50.7 Å². The molecule has 136 valence electrons. The van der Waals surface area contributed by atoms with E-state index in [0.717, 1.165) is 5.56 Å². The SMILES string of the molecule is C[C@]1(C(=O)NCCCc2cccc(F)c2)CC(c2cccc(F)c2)=NO1. The van der Waals surface area contributed by atoms with Gasteiger partial charge >= 0.3 is 0 Å². The standard InChI is InChI=1S/C20H20F2N2O2/c1-20(13-18(24-26-20)15-7-3-9-17(22)12-15)19(25)23-10-4-6-14-5-2-8-16(21)11-14/h2-3,5,7-9,11-12H,4,6,10,13H2,1H3,(H,23,25)/t20-/m1/s1. The van der Waals surface area contributed by atoms with Gasteiger partial charge in [0.05, 0.1) is 5.71 Å². The third-order valence-electron chi connectivity index (χ3n) is 4.32. The Morgan fingerprint density at radius 3 is 2.65 bits per heavy atom. The summed E-state index contributed by atoms with van der Waals surface area (Å²) in [6.07, 6.45) is 1.62. The summed E-state index contributed by atoms with van der Waals surface area (Å²) >= 11 is 0. The number of halogens is 2. The Balaban J connectivity index is 1.49. The van der Waals surface area contributed by atoms with Gasteiger partial charge in [0, 0.05) is 18.5 Å². The van der Waals surface area contributed by atoms with E-state index < -0.39 is 5.60 Å². The van der Waals surface area contributed by atoms with Gasteiger partial charge in [0.25, 0.3) is 5.91 Å². The molecule has 0 aromatic heterocycles. The van der Waals surface area contributed by atoms with Crippen LogP contribution in [0, 0.1) is 11.6 Å². The van der Waals surface area contributed by atoms with Crippen molar-refractivity contribution in [2.24, 2.45) is 5.16 Å². The van der Waals surface area contributed by atoms with Gasteiger partial charge in [-0.25, -0.2) is 8.78 Å². The van der Waals surface area contributed by atoms with Gasteiger partial charge in [-0.05, 0) is 49.6 Å². The predicted molar refractivity (Wildman–Crippen MR) is 94.8 cm³/mol. The molecule has 6 heteroatoms. The zero-order valence-corrected chi connectivity index (χ0v) is 14.5. The van der Waals surface area contributed by atoms with Crippen molar-refractivity contribution >= 4 is 11.6 Å². The molecule has 1 N–H and O–H groups in total. The number of nitrogens with one attached hydrogen (secondary N) is 1. The van der Waals surface area contributed by atoms with Crippen LogP contribution in [-0.2, 0) is 16.1 Å². The number of amides is 1. The van der Waals surface area contributed by atoms with E-state index in [1.807, 2.05) is 6.07 Å². The lowest BCUT2D eigenvalue weighted by Gasteiger charge is -2.20. The van der Waals surface area contributed by atoms with Gasteiger partial charge in [-0.2, -0.15) is 0 Å². The van der Waals surface area contributed by atoms with Crippen LogP contribution in [0.4, 0.5) is 8.78 Å². The van der Waals surface area contributed by atoms with Crippen molar-refractivity contribution in [1.29, 1.82) is 0 Å². The fraction of sp³-hybridized carbons (Fsp3) is 0.300. The number of hydrogen-bond acceptors (Lipinski definition) is 3. The molecule has 0 aliphatic carbocycles. The fourth-order valence-electron chi connectivity index (χ4n) is 2.86. The van der Waals surface area contributed by atoms with Crippen molar-refractivity contribution in [2.75, 3.05) is 6.54 Å². The number of carbonyl (C=O) groups is 1. The van der Waals surface area contributed by atoms with Crippen molar-refractivity contribution in [3.63, 3.8) is 0 Å². The van der Waals surface area contributed by atoms with Gasteiger partial charge in [-0.15, -0.1) is 0 Å². The summed E-state index contributed by atoms with van der Waals surface area (Å²) in [6.45, 7) is 2.11. The molecule has 2 aromatic carbocycles. The highest BCUT2D eigenvalue weighted by atomic mass is 19.1. The maximum absolute atomic E-state index is 13.3. The molecule has 1 aliphatic heterocycles. The summed E-state index contributed by atoms with van der Waals surface area (Å²) in [5, 5.41) is 6.78. The first kappa shape index (κ1) is 18.0. The minimum Gasteiger partial charge on any atom is -0.379 e. The monoisotopic (exact) mass is 358 g/mol. The van der Waals surface area contributed by atoms with Crippen molar-refractivity contribution in [2.45, 2.75) is 31.8 Å². The molecule has 3 rings (SSSR count). The lowest BCUT2D eigenvalue weighted by atomic mass is 9.95. The Kier molecular flexibility index (Phi) is 5.30. The second-order valence-corrected chi connectivity index (χ2v) is 6.54. The van der Waals surface area contributed by atoms with E-state index in [1.54, 1.807) is 25.1 Å². The van der Waals surface area contributed by atoms with Gasteiger partial charge in [-0.1, -0.05) is 29.4 Å². The minimum atomic E-state index is -1.11. The highest BCUT2D eigenvalue weighted by Gasteiger charge is 2.42. The summed E-state index contributed by atoms with van der Waals surface area (Å²) in [5.74, 6) is -0.895. The Morgan fingerprint density at radius 1 is 1.19 bits per heavy atom. The summed E-state index contributed by atoms with van der Waals surface area (Å²) in [6, 6.07) is 12.5. The molecule has 1 aliphatic rings. The van der Waals surface area contributed by atoms with E-state index in [9.17, 15) is 13.6 Å². The molecule has 4 nitrogen and oxygen atoms in total. The van der Waals surface area contributed by atoms with Crippen LogP contribution in [-0.4, -0.2) is 23.8 Å². The van der Waals surface area contributed by atoms with Crippen LogP contribution in [0.5, 0.6) is 0 Å². The lowest BCUT2D eigenvalue weighted by Crippen LogP contribution is -2.45. The van der Waals surface area contributed by atoms with E-state index in [4.69, 9.17) is 4.84 Å². The number of nitrogens with zero attached hydrogens (tertiary/aromatic N) is 1. The van der Waals surface area contributed by atoms with E-state index in [1.165, 1.54) is 24.3 Å². The molecule has 1 heterocycles. The highest BCUT2D eigenvalue weighted by Crippen LogP contribution is 2.27. The average molecular weight is 358 g/mol. The van der Waals surface area contributed by atoms with Gasteiger partial charge < -0.3 is 10.2 Å². The molecule has 26 heavy (non-hydrogen) atoms. The largest absolute Gasteiger partial charge is 0.379 e. The maximum atomic E-state index is 13.3. The number of hydrogen-bond donors (Lipinski definition) is 1. The Hall–Kier alpha value is -2.76. The summed E-state index contributed by atoms with van der Waals surface area (Å²) in [4.78, 5) is 17.8. The first-order valence-corrected chi connectivity index (χ1v) is 8.50. The van der Waals surface area contributed by atoms with E-state index >= 15 is 0 Å². The van der Waals surface area contributed by atoms with Crippen LogP contribution in [0.1, 0.15) is 30.9 Å². The summed E-state index contributed by atoms with van der Waals surface area (Å²) < 4.78 is 26.5. The van der Waals surface area contributed by atoms with Gasteiger partial charge in [0.2, 0.25) is 5.60 Å². The zero-order valence-electron chi connectivity index (χ0n) is 14.5.